The Morgan fingerprint density at radius 2 is 2.18 bits per heavy atom. The Hall–Kier alpha value is -0.460. The van der Waals surface area contributed by atoms with E-state index in [2.05, 4.69) is 0 Å². The van der Waals surface area contributed by atoms with Crippen LogP contribution in [0.5, 0.6) is 0 Å². The first-order valence-corrected chi connectivity index (χ1v) is 5.13. The van der Waals surface area contributed by atoms with E-state index in [9.17, 15) is 8.42 Å². The molecule has 4 N–H and O–H groups in total. The number of nitrogens with zero attached hydrogens (tertiary/aromatic N) is 1. The maximum absolute atomic E-state index is 10.7. The molecule has 11 heavy (non-hydrogen) atoms. The van der Waals surface area contributed by atoms with E-state index in [1.165, 1.54) is 0 Å². The van der Waals surface area contributed by atoms with Crippen LogP contribution >= 0.6 is 10.7 Å². The van der Waals surface area contributed by atoms with Crippen molar-refractivity contribution in [3.8, 4) is 0 Å². The molecule has 0 aromatic carbocycles. The molecule has 0 saturated heterocycles. The van der Waals surface area contributed by atoms with Gasteiger partial charge in [-0.3, -0.25) is 5.01 Å². The maximum atomic E-state index is 10.7. The van der Waals surface area contributed by atoms with Crippen molar-refractivity contribution in [1.29, 1.82) is 0 Å². The van der Waals surface area contributed by atoms with Crippen molar-refractivity contribution in [2.24, 2.45) is 11.6 Å². The van der Waals surface area contributed by atoms with Gasteiger partial charge in [0.2, 0.25) is 0 Å². The Kier molecular flexibility index (Phi) is 3.64. The minimum absolute atomic E-state index is 0.290. The number of hydrogen-bond donors (Lipinski definition) is 2. The minimum atomic E-state index is -3.82. The van der Waals surface area contributed by atoms with Gasteiger partial charge in [0.05, 0.1) is 0 Å². The molecule has 0 rings (SSSR count). The van der Waals surface area contributed by atoms with E-state index in [0.29, 0.717) is 6.54 Å². The summed E-state index contributed by atoms with van der Waals surface area (Å²) in [5.41, 5.74) is 4.99. The third-order valence-electron chi connectivity index (χ3n) is 1.02. The lowest BCUT2D eigenvalue weighted by Crippen LogP contribution is -2.32. The highest BCUT2D eigenvalue weighted by atomic mass is 35.7. The van der Waals surface area contributed by atoms with Crippen LogP contribution in [0.25, 0.3) is 0 Å². The Morgan fingerprint density at radius 1 is 1.73 bits per heavy atom. The number of nitrogens with two attached hydrogens (primary N) is 2. The van der Waals surface area contributed by atoms with Crippen molar-refractivity contribution in [1.82, 2.24) is 5.01 Å². The summed E-state index contributed by atoms with van der Waals surface area (Å²) in [7, 11) is 1.16. The maximum Gasteiger partial charge on any atom is 0.279 e. The zero-order valence-electron chi connectivity index (χ0n) is 5.99. The molecule has 0 bridgehead atoms. The minimum Gasteiger partial charge on any atom is -0.402 e. The zero-order valence-corrected chi connectivity index (χ0v) is 7.56. The van der Waals surface area contributed by atoms with Crippen LogP contribution in [0.1, 0.15) is 6.92 Å². The molecular formula is C4H10ClN3O2S. The van der Waals surface area contributed by atoms with Gasteiger partial charge in [-0.2, -0.15) is 0 Å². The summed E-state index contributed by atoms with van der Waals surface area (Å²) in [5, 5.41) is 0.657. The standard InChI is InChI=1S/C4H10ClN3O2S/c1-2-8(7)4(3-6)11(5,9)10/h3H,2,6-7H2,1H3/b4-3+. The van der Waals surface area contributed by atoms with Gasteiger partial charge in [-0.15, -0.1) is 0 Å². The van der Waals surface area contributed by atoms with Crippen LogP contribution in [0, 0.1) is 0 Å². The molecule has 0 atom stereocenters. The summed E-state index contributed by atoms with van der Waals surface area (Å²) < 4.78 is 21.3. The van der Waals surface area contributed by atoms with Gasteiger partial charge in [0.15, 0.2) is 5.03 Å². The Morgan fingerprint density at radius 3 is 2.27 bits per heavy atom. The molecule has 0 amide bonds. The summed E-state index contributed by atoms with van der Waals surface area (Å²) in [6, 6.07) is 0. The summed E-state index contributed by atoms with van der Waals surface area (Å²) in [6.45, 7) is 1.99. The topological polar surface area (TPSA) is 89.4 Å². The fourth-order valence-electron chi connectivity index (χ4n) is 0.473. The molecule has 0 aliphatic heterocycles. The van der Waals surface area contributed by atoms with E-state index in [0.717, 1.165) is 11.2 Å². The molecule has 0 aromatic rings. The van der Waals surface area contributed by atoms with Crippen LogP contribution in [0.3, 0.4) is 0 Å². The van der Waals surface area contributed by atoms with Crippen molar-refractivity contribution in [2.45, 2.75) is 6.92 Å². The quantitative estimate of drug-likeness (QED) is 0.364. The normalized spacial score (nSPS) is 13.2. The van der Waals surface area contributed by atoms with Crippen molar-refractivity contribution < 1.29 is 8.42 Å². The lowest BCUT2D eigenvalue weighted by molar-refractivity contribution is 0.399. The largest absolute Gasteiger partial charge is 0.402 e. The van der Waals surface area contributed by atoms with Gasteiger partial charge in [-0.05, 0) is 6.92 Å². The highest BCUT2D eigenvalue weighted by Gasteiger charge is 2.17. The van der Waals surface area contributed by atoms with Crippen molar-refractivity contribution in [3.63, 3.8) is 0 Å². The second kappa shape index (κ2) is 3.80. The number of hydrazine groups is 1. The predicted molar refractivity (Wildman–Crippen MR) is 43.6 cm³/mol. The zero-order chi connectivity index (χ0) is 9.07. The first-order valence-electron chi connectivity index (χ1n) is 2.82. The molecule has 5 nitrogen and oxygen atoms in total. The van der Waals surface area contributed by atoms with Crippen molar-refractivity contribution in [2.75, 3.05) is 6.54 Å². The van der Waals surface area contributed by atoms with Gasteiger partial charge in [-0.25, -0.2) is 14.3 Å². The molecule has 66 valence electrons. The monoisotopic (exact) mass is 199 g/mol. The SMILES string of the molecule is CCN(N)/C(=C\N)S(=O)(=O)Cl. The molecule has 0 aromatic heterocycles. The molecular weight excluding hydrogens is 190 g/mol. The molecule has 0 radical (unpaired) electrons. The first kappa shape index (κ1) is 10.5. The van der Waals surface area contributed by atoms with E-state index < -0.39 is 9.05 Å². The predicted octanol–water partition coefficient (Wildman–Crippen LogP) is -0.492. The molecule has 0 saturated carbocycles. The molecule has 0 aliphatic rings. The molecule has 0 spiro atoms. The van der Waals surface area contributed by atoms with Gasteiger partial charge in [0, 0.05) is 23.4 Å². The lowest BCUT2D eigenvalue weighted by atomic mass is 10.7. The van der Waals surface area contributed by atoms with Crippen LogP contribution in [-0.4, -0.2) is 20.0 Å². The van der Waals surface area contributed by atoms with Crippen molar-refractivity contribution >= 4 is 19.7 Å². The molecule has 0 fully saturated rings. The van der Waals surface area contributed by atoms with E-state index in [1.54, 1.807) is 6.92 Å². The highest BCUT2D eigenvalue weighted by molar-refractivity contribution is 8.16. The van der Waals surface area contributed by atoms with Gasteiger partial charge in [0.25, 0.3) is 9.05 Å². The molecule has 7 heteroatoms. The number of hydrogen-bond acceptors (Lipinski definition) is 5. The summed E-state index contributed by atoms with van der Waals surface area (Å²) in [5.74, 6) is 5.24. The van der Waals surface area contributed by atoms with E-state index >= 15 is 0 Å². The van der Waals surface area contributed by atoms with Gasteiger partial charge in [-0.1, -0.05) is 0 Å². The Labute approximate surface area is 70.0 Å². The molecule has 0 heterocycles. The highest BCUT2D eigenvalue weighted by Crippen LogP contribution is 2.11. The second-order valence-electron chi connectivity index (χ2n) is 1.73. The van der Waals surface area contributed by atoms with Crippen LogP contribution in [0.4, 0.5) is 0 Å². The first-order chi connectivity index (χ1) is 4.93. The van der Waals surface area contributed by atoms with Crippen LogP contribution in [-0.2, 0) is 9.05 Å². The third kappa shape index (κ3) is 2.96. The van der Waals surface area contributed by atoms with Gasteiger partial charge >= 0.3 is 0 Å². The van der Waals surface area contributed by atoms with Crippen LogP contribution < -0.4 is 11.6 Å². The second-order valence-corrected chi connectivity index (χ2v) is 4.24. The van der Waals surface area contributed by atoms with Crippen molar-refractivity contribution in [3.05, 3.63) is 11.2 Å². The van der Waals surface area contributed by atoms with Gasteiger partial charge in [0.1, 0.15) is 0 Å². The van der Waals surface area contributed by atoms with E-state index in [4.69, 9.17) is 22.3 Å². The smallest absolute Gasteiger partial charge is 0.279 e. The van der Waals surface area contributed by atoms with Crippen LogP contribution in [0.15, 0.2) is 11.2 Å². The lowest BCUT2D eigenvalue weighted by Gasteiger charge is -2.15. The average Bonchev–Trinajstić information content (AvgIpc) is 1.86. The summed E-state index contributed by atoms with van der Waals surface area (Å²) >= 11 is 0. The van der Waals surface area contributed by atoms with E-state index in [1.807, 2.05) is 0 Å². The number of rotatable bonds is 3. The molecule has 0 aliphatic carbocycles. The Bertz CT molecular complexity index is 248. The number of halogens is 1. The summed E-state index contributed by atoms with van der Waals surface area (Å²) in [4.78, 5) is 0. The van der Waals surface area contributed by atoms with Gasteiger partial charge < -0.3 is 5.73 Å². The summed E-state index contributed by atoms with van der Waals surface area (Å²) in [6.07, 6.45) is 0.853. The third-order valence-corrected chi connectivity index (χ3v) is 2.36. The fraction of sp³-hybridized carbons (Fsp3) is 0.500. The van der Waals surface area contributed by atoms with E-state index in [-0.39, 0.29) is 5.03 Å². The average molecular weight is 200 g/mol. The Balaban J connectivity index is 4.73. The molecule has 0 unspecified atom stereocenters. The van der Waals surface area contributed by atoms with Crippen LogP contribution in [0.2, 0.25) is 0 Å². The fourth-order valence-corrected chi connectivity index (χ4v) is 1.46.